The first kappa shape index (κ1) is 17.4. The fourth-order valence-corrected chi connectivity index (χ4v) is 2.58. The molecule has 5 heteroatoms. The molecule has 0 heterocycles. The third kappa shape index (κ3) is 4.70. The lowest BCUT2D eigenvalue weighted by Gasteiger charge is -2.24. The summed E-state index contributed by atoms with van der Waals surface area (Å²) in [6.07, 6.45) is 1.80. The first-order chi connectivity index (χ1) is 10.0. The molecule has 5 nitrogen and oxygen atoms in total. The second-order valence-corrected chi connectivity index (χ2v) is 5.19. The summed E-state index contributed by atoms with van der Waals surface area (Å²) in [6, 6.07) is 5.55. The number of nitro benzene ring substituents is 1. The molecule has 0 spiro atoms. The maximum Gasteiger partial charge on any atom is 0.310 e. The molecule has 0 bridgehead atoms. The minimum absolute atomic E-state index is 0.0400. The average Bonchev–Trinajstić information content (AvgIpc) is 2.46. The summed E-state index contributed by atoms with van der Waals surface area (Å²) >= 11 is 0. The van der Waals surface area contributed by atoms with E-state index in [2.05, 4.69) is 26.1 Å². The summed E-state index contributed by atoms with van der Waals surface area (Å²) in [5.74, 6) is 0.691. The van der Waals surface area contributed by atoms with Crippen LogP contribution in [0, 0.1) is 10.1 Å². The van der Waals surface area contributed by atoms with Crippen LogP contribution in [0.3, 0.4) is 0 Å². The molecule has 0 aromatic heterocycles. The van der Waals surface area contributed by atoms with Gasteiger partial charge in [-0.05, 0) is 43.9 Å². The van der Waals surface area contributed by atoms with Crippen molar-refractivity contribution in [1.29, 1.82) is 0 Å². The summed E-state index contributed by atoms with van der Waals surface area (Å²) in [4.78, 5) is 10.7. The molecular weight excluding hydrogens is 268 g/mol. The monoisotopic (exact) mass is 294 g/mol. The van der Waals surface area contributed by atoms with Crippen LogP contribution < -0.4 is 10.1 Å². The van der Waals surface area contributed by atoms with Crippen molar-refractivity contribution in [2.75, 3.05) is 13.2 Å². The highest BCUT2D eigenvalue weighted by Gasteiger charge is 2.21. The van der Waals surface area contributed by atoms with E-state index in [1.54, 1.807) is 6.07 Å². The first-order valence-electron chi connectivity index (χ1n) is 7.69. The van der Waals surface area contributed by atoms with Crippen LogP contribution in [0.15, 0.2) is 18.2 Å². The minimum atomic E-state index is -0.385. The highest BCUT2D eigenvalue weighted by atomic mass is 16.6. The lowest BCUT2D eigenvalue weighted by Crippen LogP contribution is -2.31. The number of nitro groups is 1. The number of rotatable bonds is 9. The zero-order valence-electron chi connectivity index (χ0n) is 13.4. The molecule has 0 saturated carbocycles. The Morgan fingerprint density at radius 1 is 1.33 bits per heavy atom. The van der Waals surface area contributed by atoms with E-state index in [0.717, 1.165) is 24.9 Å². The molecule has 0 aliphatic carbocycles. The summed E-state index contributed by atoms with van der Waals surface area (Å²) in [7, 11) is 0. The van der Waals surface area contributed by atoms with Crippen LogP contribution >= 0.6 is 0 Å². The maximum atomic E-state index is 11.1. The van der Waals surface area contributed by atoms with Crippen LogP contribution in [0.2, 0.25) is 0 Å². The molecule has 2 unspecified atom stereocenters. The van der Waals surface area contributed by atoms with E-state index in [-0.39, 0.29) is 10.6 Å². The molecule has 0 aliphatic heterocycles. The SMILES string of the molecule is CCCOc1cc(C(CC)C(C)NCC)ccc1[N+](=O)[O-]. The van der Waals surface area contributed by atoms with Gasteiger partial charge in [0, 0.05) is 12.1 Å². The number of benzene rings is 1. The van der Waals surface area contributed by atoms with Gasteiger partial charge in [-0.1, -0.05) is 26.8 Å². The fourth-order valence-electron chi connectivity index (χ4n) is 2.58. The zero-order chi connectivity index (χ0) is 15.8. The lowest BCUT2D eigenvalue weighted by molar-refractivity contribution is -0.385. The van der Waals surface area contributed by atoms with E-state index in [1.807, 2.05) is 19.1 Å². The summed E-state index contributed by atoms with van der Waals surface area (Å²) in [6.45, 7) is 9.73. The van der Waals surface area contributed by atoms with Crippen LogP contribution in [0.1, 0.15) is 52.0 Å². The maximum absolute atomic E-state index is 11.1. The van der Waals surface area contributed by atoms with E-state index in [0.29, 0.717) is 24.3 Å². The largest absolute Gasteiger partial charge is 0.487 e. The quantitative estimate of drug-likeness (QED) is 0.554. The predicted molar refractivity (Wildman–Crippen MR) is 85.1 cm³/mol. The van der Waals surface area contributed by atoms with E-state index in [1.165, 1.54) is 0 Å². The van der Waals surface area contributed by atoms with Crippen molar-refractivity contribution in [3.63, 3.8) is 0 Å². The van der Waals surface area contributed by atoms with Gasteiger partial charge < -0.3 is 10.1 Å². The Kier molecular flexibility index (Phi) is 7.15. The Balaban J connectivity index is 3.09. The third-order valence-corrected chi connectivity index (χ3v) is 3.64. The van der Waals surface area contributed by atoms with Gasteiger partial charge in [-0.25, -0.2) is 0 Å². The Bertz CT molecular complexity index is 463. The van der Waals surface area contributed by atoms with Crippen LogP contribution in [0.5, 0.6) is 5.75 Å². The van der Waals surface area contributed by atoms with Gasteiger partial charge in [0.2, 0.25) is 0 Å². The van der Waals surface area contributed by atoms with Crippen molar-refractivity contribution in [3.05, 3.63) is 33.9 Å². The first-order valence-corrected chi connectivity index (χ1v) is 7.69. The number of nitrogens with zero attached hydrogens (tertiary/aromatic N) is 1. The molecule has 21 heavy (non-hydrogen) atoms. The summed E-state index contributed by atoms with van der Waals surface area (Å²) in [5, 5.41) is 14.5. The average molecular weight is 294 g/mol. The number of ether oxygens (including phenoxy) is 1. The van der Waals surface area contributed by atoms with E-state index in [9.17, 15) is 10.1 Å². The van der Waals surface area contributed by atoms with Gasteiger partial charge in [-0.3, -0.25) is 10.1 Å². The fraction of sp³-hybridized carbons (Fsp3) is 0.625. The molecule has 1 aromatic carbocycles. The van der Waals surface area contributed by atoms with E-state index in [4.69, 9.17) is 4.74 Å². The topological polar surface area (TPSA) is 64.4 Å². The standard InChI is InChI=1S/C16H26N2O3/c1-5-10-21-16-11-13(8-9-15(16)18(19)20)14(6-2)12(4)17-7-3/h8-9,11-12,14,17H,5-7,10H2,1-4H3. The van der Waals surface area contributed by atoms with Gasteiger partial charge >= 0.3 is 5.69 Å². The van der Waals surface area contributed by atoms with E-state index >= 15 is 0 Å². The molecule has 1 N–H and O–H groups in total. The number of nitrogens with one attached hydrogen (secondary N) is 1. The van der Waals surface area contributed by atoms with Gasteiger partial charge in [0.25, 0.3) is 0 Å². The molecule has 118 valence electrons. The van der Waals surface area contributed by atoms with Crippen LogP contribution in [0.25, 0.3) is 0 Å². The Morgan fingerprint density at radius 3 is 2.57 bits per heavy atom. The smallest absolute Gasteiger partial charge is 0.310 e. The van der Waals surface area contributed by atoms with Crippen molar-refractivity contribution in [2.24, 2.45) is 0 Å². The van der Waals surface area contributed by atoms with Gasteiger partial charge in [0.15, 0.2) is 5.75 Å². The molecule has 2 atom stereocenters. The Morgan fingerprint density at radius 2 is 2.05 bits per heavy atom. The van der Waals surface area contributed by atoms with Crippen LogP contribution in [-0.2, 0) is 0 Å². The molecule has 0 amide bonds. The van der Waals surface area contributed by atoms with Crippen molar-refractivity contribution in [2.45, 2.75) is 52.5 Å². The van der Waals surface area contributed by atoms with Crippen LogP contribution in [-0.4, -0.2) is 24.1 Å². The van der Waals surface area contributed by atoms with Crippen molar-refractivity contribution >= 4 is 5.69 Å². The Hall–Kier alpha value is -1.62. The molecule has 0 radical (unpaired) electrons. The molecule has 1 rings (SSSR count). The van der Waals surface area contributed by atoms with Gasteiger partial charge in [0.1, 0.15) is 0 Å². The third-order valence-electron chi connectivity index (χ3n) is 3.64. The van der Waals surface area contributed by atoms with Crippen molar-refractivity contribution in [3.8, 4) is 5.75 Å². The normalized spacial score (nSPS) is 13.7. The molecule has 0 saturated heterocycles. The lowest BCUT2D eigenvalue weighted by atomic mass is 9.89. The van der Waals surface area contributed by atoms with Crippen LogP contribution in [0.4, 0.5) is 5.69 Å². The zero-order valence-corrected chi connectivity index (χ0v) is 13.4. The molecule has 0 fully saturated rings. The molecule has 0 aliphatic rings. The summed E-state index contributed by atoms with van der Waals surface area (Å²) in [5.41, 5.74) is 1.13. The Labute approximate surface area is 126 Å². The van der Waals surface area contributed by atoms with Gasteiger partial charge in [0.05, 0.1) is 11.5 Å². The van der Waals surface area contributed by atoms with Crippen molar-refractivity contribution in [1.82, 2.24) is 5.32 Å². The molecule has 1 aromatic rings. The highest BCUT2D eigenvalue weighted by molar-refractivity contribution is 5.49. The summed E-state index contributed by atoms with van der Waals surface area (Å²) < 4.78 is 5.56. The van der Waals surface area contributed by atoms with Crippen molar-refractivity contribution < 1.29 is 9.66 Å². The van der Waals surface area contributed by atoms with Gasteiger partial charge in [-0.15, -0.1) is 0 Å². The predicted octanol–water partition coefficient (Wildman–Crippen LogP) is 3.88. The number of hydrogen-bond donors (Lipinski definition) is 1. The van der Waals surface area contributed by atoms with Gasteiger partial charge in [-0.2, -0.15) is 0 Å². The minimum Gasteiger partial charge on any atom is -0.487 e. The highest BCUT2D eigenvalue weighted by Crippen LogP contribution is 2.33. The van der Waals surface area contributed by atoms with E-state index < -0.39 is 0 Å². The number of hydrogen-bond acceptors (Lipinski definition) is 4. The second kappa shape index (κ2) is 8.62. The number of likely N-dealkylation sites (N-methyl/N-ethyl adjacent to an activating group) is 1. The second-order valence-electron chi connectivity index (χ2n) is 5.19. The molecular formula is C16H26N2O3.